The average Bonchev–Trinajstić information content (AvgIpc) is 3.06. The van der Waals surface area contributed by atoms with Gasteiger partial charge in [0.25, 0.3) is 0 Å². The molecular weight excluding hydrogens is 592 g/mol. The second kappa shape index (κ2) is 16.6. The lowest BCUT2D eigenvalue weighted by atomic mass is 9.94. The van der Waals surface area contributed by atoms with Crippen molar-refractivity contribution < 1.29 is 30.0 Å². The molecule has 0 saturated carbocycles. The van der Waals surface area contributed by atoms with Gasteiger partial charge in [-0.05, 0) is 41.1 Å². The fourth-order valence-electron chi connectivity index (χ4n) is 5.75. The summed E-state index contributed by atoms with van der Waals surface area (Å²) in [6.45, 7) is 7.22. The molecule has 9 heteroatoms. The number of phenolic OH excluding ortho intramolecular Hbond substituents is 1. The normalized spacial score (nSPS) is 15.9. The zero-order valence-corrected chi connectivity index (χ0v) is 26.6. The number of hydrogen-bond donors (Lipinski definition) is 4. The number of methoxy groups -OCH3 is 1. The van der Waals surface area contributed by atoms with E-state index < -0.39 is 18.2 Å². The van der Waals surface area contributed by atoms with Gasteiger partial charge in [-0.25, -0.2) is 4.79 Å². The molecule has 1 fully saturated rings. The molecule has 0 aliphatic carbocycles. The highest BCUT2D eigenvalue weighted by molar-refractivity contribution is 6.37. The third-order valence-corrected chi connectivity index (χ3v) is 8.70. The number of nitrogens with zero attached hydrogens (tertiary/aromatic N) is 2. The molecule has 0 radical (unpaired) electrons. The number of unbranched alkanes of at least 4 members (excludes halogenated alkanes) is 1. The molecule has 1 aliphatic rings. The third-order valence-electron chi connectivity index (χ3n) is 8.31. The molecule has 45 heavy (non-hydrogen) atoms. The second-order valence-corrected chi connectivity index (χ2v) is 11.7. The monoisotopic (exact) mass is 634 g/mol. The Morgan fingerprint density at radius 1 is 0.933 bits per heavy atom. The maximum absolute atomic E-state index is 11.5. The SMILES string of the molecule is CCCC[C@@H]([C@@H](O)c1ccc2c(Cl)c(OC)ccc2c1)N1CCN(Cc2ccccc2)CC1.O=C(O)[C@H](O)c1ccccc1O. The molecule has 8 nitrogen and oxygen atoms in total. The molecule has 1 aliphatic heterocycles. The van der Waals surface area contributed by atoms with Crippen LogP contribution in [0.5, 0.6) is 11.5 Å². The van der Waals surface area contributed by atoms with Crippen LogP contribution in [0.2, 0.25) is 5.02 Å². The average molecular weight is 635 g/mol. The van der Waals surface area contributed by atoms with Crippen LogP contribution in [-0.4, -0.2) is 75.5 Å². The largest absolute Gasteiger partial charge is 0.508 e. The molecule has 4 aromatic rings. The predicted molar refractivity (Wildman–Crippen MR) is 178 cm³/mol. The van der Waals surface area contributed by atoms with Crippen molar-refractivity contribution in [1.82, 2.24) is 9.80 Å². The molecule has 240 valence electrons. The van der Waals surface area contributed by atoms with Crippen LogP contribution in [0.3, 0.4) is 0 Å². The molecule has 0 bridgehead atoms. The molecule has 0 spiro atoms. The first-order valence-electron chi connectivity index (χ1n) is 15.4. The summed E-state index contributed by atoms with van der Waals surface area (Å²) in [5, 5.41) is 40.6. The summed E-state index contributed by atoms with van der Waals surface area (Å²) in [7, 11) is 1.63. The highest BCUT2D eigenvalue weighted by atomic mass is 35.5. The van der Waals surface area contributed by atoms with E-state index in [1.54, 1.807) is 19.2 Å². The molecule has 0 amide bonds. The Bertz CT molecular complexity index is 1530. The van der Waals surface area contributed by atoms with Gasteiger partial charge < -0.3 is 25.2 Å². The van der Waals surface area contributed by atoms with E-state index in [1.807, 2.05) is 24.3 Å². The fourth-order valence-corrected chi connectivity index (χ4v) is 6.07. The van der Waals surface area contributed by atoms with E-state index in [2.05, 4.69) is 53.1 Å². The number of hydrogen-bond acceptors (Lipinski definition) is 7. The molecule has 1 saturated heterocycles. The third kappa shape index (κ3) is 8.96. The molecule has 0 aromatic heterocycles. The Kier molecular flexibility index (Phi) is 12.6. The van der Waals surface area contributed by atoms with Crippen LogP contribution in [0, 0.1) is 0 Å². The lowest BCUT2D eigenvalue weighted by molar-refractivity contribution is -0.147. The van der Waals surface area contributed by atoms with E-state index in [4.69, 9.17) is 31.7 Å². The summed E-state index contributed by atoms with van der Waals surface area (Å²) in [5.41, 5.74) is 2.32. The Labute approximate surface area is 270 Å². The van der Waals surface area contributed by atoms with Crippen molar-refractivity contribution in [2.75, 3.05) is 33.3 Å². The van der Waals surface area contributed by atoms with Crippen molar-refractivity contribution in [3.05, 3.63) is 107 Å². The van der Waals surface area contributed by atoms with Crippen LogP contribution in [0.25, 0.3) is 10.8 Å². The quantitative estimate of drug-likeness (QED) is 0.149. The number of benzene rings is 4. The molecule has 4 N–H and O–H groups in total. The number of rotatable bonds is 11. The van der Waals surface area contributed by atoms with Crippen LogP contribution in [0.15, 0.2) is 84.9 Å². The summed E-state index contributed by atoms with van der Waals surface area (Å²) in [6.07, 6.45) is 1.05. The van der Waals surface area contributed by atoms with Crippen molar-refractivity contribution >= 4 is 28.3 Å². The number of piperazine rings is 1. The zero-order valence-electron chi connectivity index (χ0n) is 25.8. The number of carboxylic acids is 1. The first kappa shape index (κ1) is 34.2. The molecule has 5 rings (SSSR count). The Balaban J connectivity index is 0.000000323. The van der Waals surface area contributed by atoms with E-state index >= 15 is 0 Å². The Hall–Kier alpha value is -3.66. The molecule has 0 unspecified atom stereocenters. The van der Waals surface area contributed by atoms with Crippen LogP contribution >= 0.6 is 11.6 Å². The number of carboxylic acid groups (broad SMARTS) is 1. The maximum Gasteiger partial charge on any atom is 0.337 e. The minimum absolute atomic E-state index is 0.00463. The minimum Gasteiger partial charge on any atom is -0.508 e. The second-order valence-electron chi connectivity index (χ2n) is 11.3. The Morgan fingerprint density at radius 3 is 2.27 bits per heavy atom. The summed E-state index contributed by atoms with van der Waals surface area (Å²) in [6, 6.07) is 26.6. The number of aromatic hydroxyl groups is 1. The number of aliphatic hydroxyl groups is 2. The summed E-state index contributed by atoms with van der Waals surface area (Å²) >= 11 is 6.50. The van der Waals surface area contributed by atoms with Crippen molar-refractivity contribution in [1.29, 1.82) is 0 Å². The van der Waals surface area contributed by atoms with Gasteiger partial charge in [-0.1, -0.05) is 98.1 Å². The summed E-state index contributed by atoms with van der Waals surface area (Å²) in [4.78, 5) is 15.3. The number of fused-ring (bicyclic) bond motifs is 1. The van der Waals surface area contributed by atoms with Crippen LogP contribution in [0.1, 0.15) is 55.1 Å². The van der Waals surface area contributed by atoms with Gasteiger partial charge in [0, 0.05) is 49.7 Å². The van der Waals surface area contributed by atoms with E-state index in [1.165, 1.54) is 17.7 Å². The van der Waals surface area contributed by atoms with Crippen LogP contribution < -0.4 is 4.74 Å². The minimum atomic E-state index is -1.66. The lowest BCUT2D eigenvalue weighted by Crippen LogP contribution is -2.51. The number of para-hydroxylation sites is 1. The number of aliphatic carboxylic acids is 1. The Morgan fingerprint density at radius 2 is 1.62 bits per heavy atom. The highest BCUT2D eigenvalue weighted by Crippen LogP contribution is 2.35. The van der Waals surface area contributed by atoms with Crippen molar-refractivity contribution in [2.24, 2.45) is 0 Å². The van der Waals surface area contributed by atoms with Crippen LogP contribution in [0.4, 0.5) is 0 Å². The number of halogens is 1. The standard InChI is InChI=1S/C28H35ClN2O2.C8H8O4/c1-3-4-10-25(31-17-15-30(16-18-31)20-21-8-6-5-7-9-21)28(32)23-11-13-24-22(19-23)12-14-26(33-2)27(24)29;9-6-4-2-1-3-5(6)7(10)8(11)12/h5-9,11-14,19,25,28,32H,3-4,10,15-18,20H2,1-2H3;1-4,7,9-10H,(H,11,12)/t25-,28-;7-/m01/s1. The number of aliphatic hydroxyl groups excluding tert-OH is 2. The smallest absolute Gasteiger partial charge is 0.337 e. The first-order valence-corrected chi connectivity index (χ1v) is 15.7. The van der Waals surface area contributed by atoms with Gasteiger partial charge in [0.05, 0.1) is 18.2 Å². The highest BCUT2D eigenvalue weighted by Gasteiger charge is 2.30. The number of phenols is 1. The molecular formula is C36H43ClN2O6. The van der Waals surface area contributed by atoms with Gasteiger partial charge in [0.15, 0.2) is 6.10 Å². The summed E-state index contributed by atoms with van der Waals surface area (Å²) in [5.74, 6) is -0.921. The zero-order chi connectivity index (χ0) is 32.3. The number of carbonyl (C=O) groups is 1. The predicted octanol–water partition coefficient (Wildman–Crippen LogP) is 6.42. The van der Waals surface area contributed by atoms with Crippen molar-refractivity contribution in [2.45, 2.75) is 51.0 Å². The van der Waals surface area contributed by atoms with Gasteiger partial charge in [-0.15, -0.1) is 0 Å². The van der Waals surface area contributed by atoms with E-state index in [-0.39, 0.29) is 17.4 Å². The van der Waals surface area contributed by atoms with Gasteiger partial charge in [-0.3, -0.25) is 9.80 Å². The van der Waals surface area contributed by atoms with Gasteiger partial charge in [-0.2, -0.15) is 0 Å². The van der Waals surface area contributed by atoms with Crippen molar-refractivity contribution in [3.63, 3.8) is 0 Å². The molecule has 4 aromatic carbocycles. The van der Waals surface area contributed by atoms with Gasteiger partial charge in [0.2, 0.25) is 0 Å². The molecule has 3 atom stereocenters. The summed E-state index contributed by atoms with van der Waals surface area (Å²) < 4.78 is 5.35. The maximum atomic E-state index is 11.5. The van der Waals surface area contributed by atoms with E-state index in [9.17, 15) is 9.90 Å². The van der Waals surface area contributed by atoms with Crippen LogP contribution in [-0.2, 0) is 11.3 Å². The lowest BCUT2D eigenvalue weighted by Gasteiger charge is -2.41. The number of ether oxygens (including phenoxy) is 1. The van der Waals surface area contributed by atoms with E-state index in [0.29, 0.717) is 10.8 Å². The first-order chi connectivity index (χ1) is 21.7. The topological polar surface area (TPSA) is 114 Å². The fraction of sp³-hybridized carbons (Fsp3) is 0.361. The van der Waals surface area contributed by atoms with Gasteiger partial charge in [0.1, 0.15) is 11.5 Å². The molecule has 1 heterocycles. The van der Waals surface area contributed by atoms with Crippen molar-refractivity contribution in [3.8, 4) is 11.5 Å². The van der Waals surface area contributed by atoms with Gasteiger partial charge >= 0.3 is 5.97 Å². The van der Waals surface area contributed by atoms with E-state index in [0.717, 1.165) is 68.3 Å².